The van der Waals surface area contributed by atoms with Gasteiger partial charge in [-0.1, -0.05) is 67.1 Å². The van der Waals surface area contributed by atoms with Gasteiger partial charge in [0.1, 0.15) is 0 Å². The standard InChI is InChI=1S/C22H29N/c1-23-21(17-15-19-9-4-2-5-10-19)13-8-14-22(23)18-16-20-11-6-3-7-12-20/h2-7,9-12,21-22H,8,13-18H2,1H3/t21-,22-/m1/s1. The molecule has 1 fully saturated rings. The molecule has 0 bridgehead atoms. The molecule has 2 atom stereocenters. The number of hydrogen-bond acceptors (Lipinski definition) is 1. The van der Waals surface area contributed by atoms with Crippen molar-refractivity contribution in [2.45, 2.75) is 57.0 Å². The third kappa shape index (κ3) is 4.68. The maximum absolute atomic E-state index is 2.68. The summed E-state index contributed by atoms with van der Waals surface area (Å²) in [6.07, 6.45) is 9.13. The molecule has 0 aliphatic carbocycles. The Morgan fingerprint density at radius 3 is 1.61 bits per heavy atom. The molecule has 122 valence electrons. The Balaban J connectivity index is 1.50. The SMILES string of the molecule is CN1[C@@H](CCc2ccccc2)CCC[C@@H]1CCc1ccccc1. The quantitative estimate of drug-likeness (QED) is 0.717. The molecule has 1 heteroatoms. The lowest BCUT2D eigenvalue weighted by Gasteiger charge is -2.40. The van der Waals surface area contributed by atoms with Crippen LogP contribution in [0, 0.1) is 0 Å². The summed E-state index contributed by atoms with van der Waals surface area (Å²) >= 11 is 0. The average molecular weight is 307 g/mol. The number of aryl methyl sites for hydroxylation is 2. The minimum absolute atomic E-state index is 0.754. The van der Waals surface area contributed by atoms with Crippen LogP contribution in [-0.4, -0.2) is 24.0 Å². The van der Waals surface area contributed by atoms with E-state index in [2.05, 4.69) is 72.6 Å². The van der Waals surface area contributed by atoms with E-state index >= 15 is 0 Å². The molecule has 2 aromatic rings. The van der Waals surface area contributed by atoms with Gasteiger partial charge in [0.05, 0.1) is 0 Å². The third-order valence-corrected chi connectivity index (χ3v) is 5.44. The molecule has 0 aromatic heterocycles. The van der Waals surface area contributed by atoms with E-state index in [1.807, 2.05) is 0 Å². The first-order chi connectivity index (χ1) is 11.3. The number of piperidine rings is 1. The number of benzene rings is 2. The smallest absolute Gasteiger partial charge is 0.00983 e. The molecule has 1 aliphatic rings. The van der Waals surface area contributed by atoms with E-state index < -0.39 is 0 Å². The van der Waals surface area contributed by atoms with Crippen molar-refractivity contribution in [1.82, 2.24) is 4.90 Å². The highest BCUT2D eigenvalue weighted by Gasteiger charge is 2.26. The third-order valence-electron chi connectivity index (χ3n) is 5.44. The van der Waals surface area contributed by atoms with Gasteiger partial charge in [-0.3, -0.25) is 0 Å². The molecule has 0 spiro atoms. The zero-order chi connectivity index (χ0) is 15.9. The van der Waals surface area contributed by atoms with E-state index in [1.54, 1.807) is 0 Å². The van der Waals surface area contributed by atoms with Gasteiger partial charge in [0.25, 0.3) is 0 Å². The first-order valence-electron chi connectivity index (χ1n) is 9.13. The van der Waals surface area contributed by atoms with Crippen molar-refractivity contribution in [2.24, 2.45) is 0 Å². The zero-order valence-corrected chi connectivity index (χ0v) is 14.3. The van der Waals surface area contributed by atoms with Crippen molar-refractivity contribution >= 4 is 0 Å². The van der Waals surface area contributed by atoms with E-state index in [-0.39, 0.29) is 0 Å². The highest BCUT2D eigenvalue weighted by molar-refractivity contribution is 5.16. The van der Waals surface area contributed by atoms with Crippen LogP contribution < -0.4 is 0 Å². The van der Waals surface area contributed by atoms with Gasteiger partial charge in [-0.25, -0.2) is 0 Å². The first kappa shape index (κ1) is 16.3. The first-order valence-corrected chi connectivity index (χ1v) is 9.13. The molecule has 1 aliphatic heterocycles. The predicted molar refractivity (Wildman–Crippen MR) is 98.7 cm³/mol. The summed E-state index contributed by atoms with van der Waals surface area (Å²) in [6, 6.07) is 23.4. The fourth-order valence-corrected chi connectivity index (χ4v) is 3.95. The number of likely N-dealkylation sites (tertiary alicyclic amines) is 1. The van der Waals surface area contributed by atoms with Gasteiger partial charge >= 0.3 is 0 Å². The molecular weight excluding hydrogens is 278 g/mol. The Bertz CT molecular complexity index is 512. The average Bonchev–Trinajstić information content (AvgIpc) is 2.61. The monoisotopic (exact) mass is 307 g/mol. The molecule has 0 radical (unpaired) electrons. The Kier molecular flexibility index (Phi) is 5.87. The highest BCUT2D eigenvalue weighted by atomic mass is 15.2. The largest absolute Gasteiger partial charge is 0.300 e. The van der Waals surface area contributed by atoms with E-state index in [9.17, 15) is 0 Å². The molecule has 0 N–H and O–H groups in total. The second-order valence-electron chi connectivity index (χ2n) is 6.95. The zero-order valence-electron chi connectivity index (χ0n) is 14.3. The second-order valence-corrected chi connectivity index (χ2v) is 6.95. The van der Waals surface area contributed by atoms with Gasteiger partial charge in [-0.2, -0.15) is 0 Å². The van der Waals surface area contributed by atoms with Crippen LogP contribution in [0.5, 0.6) is 0 Å². The normalized spacial score (nSPS) is 22.1. The Morgan fingerprint density at radius 1 is 0.739 bits per heavy atom. The van der Waals surface area contributed by atoms with Crippen LogP contribution in [0.2, 0.25) is 0 Å². The van der Waals surface area contributed by atoms with Gasteiger partial charge in [0.15, 0.2) is 0 Å². The lowest BCUT2D eigenvalue weighted by molar-refractivity contribution is 0.103. The second kappa shape index (κ2) is 8.31. The maximum Gasteiger partial charge on any atom is 0.00983 e. The maximum atomic E-state index is 2.68. The van der Waals surface area contributed by atoms with Gasteiger partial charge in [0, 0.05) is 12.1 Å². The fourth-order valence-electron chi connectivity index (χ4n) is 3.95. The number of nitrogens with zero attached hydrogens (tertiary/aromatic N) is 1. The predicted octanol–water partition coefficient (Wildman–Crippen LogP) is 5.10. The summed E-state index contributed by atoms with van der Waals surface area (Å²) in [6.45, 7) is 0. The Labute approximate surface area is 141 Å². The topological polar surface area (TPSA) is 3.24 Å². The minimum Gasteiger partial charge on any atom is -0.300 e. The summed E-state index contributed by atoms with van der Waals surface area (Å²) < 4.78 is 0. The summed E-state index contributed by atoms with van der Waals surface area (Å²) in [5.74, 6) is 0. The molecule has 2 aromatic carbocycles. The van der Waals surface area contributed by atoms with Crippen molar-refractivity contribution in [3.05, 3.63) is 71.8 Å². The summed E-state index contributed by atoms with van der Waals surface area (Å²) in [4.78, 5) is 2.68. The van der Waals surface area contributed by atoms with Crippen molar-refractivity contribution in [2.75, 3.05) is 7.05 Å². The minimum atomic E-state index is 0.754. The summed E-state index contributed by atoms with van der Waals surface area (Å²) in [7, 11) is 2.35. The van der Waals surface area contributed by atoms with Crippen LogP contribution in [0.1, 0.15) is 43.2 Å². The number of hydrogen-bond donors (Lipinski definition) is 0. The lowest BCUT2D eigenvalue weighted by Crippen LogP contribution is -2.44. The Morgan fingerprint density at radius 2 is 1.17 bits per heavy atom. The van der Waals surface area contributed by atoms with E-state index in [0.29, 0.717) is 0 Å². The van der Waals surface area contributed by atoms with Gasteiger partial charge < -0.3 is 4.90 Å². The summed E-state index contributed by atoms with van der Waals surface area (Å²) in [5.41, 5.74) is 2.96. The van der Waals surface area contributed by atoms with Gasteiger partial charge in [-0.15, -0.1) is 0 Å². The van der Waals surface area contributed by atoms with Crippen molar-refractivity contribution < 1.29 is 0 Å². The molecule has 0 unspecified atom stereocenters. The van der Waals surface area contributed by atoms with Crippen LogP contribution in [0.3, 0.4) is 0 Å². The molecule has 23 heavy (non-hydrogen) atoms. The van der Waals surface area contributed by atoms with Crippen LogP contribution >= 0.6 is 0 Å². The van der Waals surface area contributed by atoms with E-state index in [1.165, 1.54) is 56.1 Å². The van der Waals surface area contributed by atoms with Crippen molar-refractivity contribution in [1.29, 1.82) is 0 Å². The van der Waals surface area contributed by atoms with Crippen molar-refractivity contribution in [3.8, 4) is 0 Å². The molecule has 1 saturated heterocycles. The van der Waals surface area contributed by atoms with Crippen LogP contribution in [0.15, 0.2) is 60.7 Å². The van der Waals surface area contributed by atoms with Crippen LogP contribution in [0.4, 0.5) is 0 Å². The van der Waals surface area contributed by atoms with E-state index in [0.717, 1.165) is 12.1 Å². The van der Waals surface area contributed by atoms with E-state index in [4.69, 9.17) is 0 Å². The molecule has 0 amide bonds. The van der Waals surface area contributed by atoms with Crippen molar-refractivity contribution in [3.63, 3.8) is 0 Å². The molecule has 1 nitrogen and oxygen atoms in total. The van der Waals surface area contributed by atoms with Gasteiger partial charge in [0.2, 0.25) is 0 Å². The Hall–Kier alpha value is -1.60. The summed E-state index contributed by atoms with van der Waals surface area (Å²) in [5, 5.41) is 0. The van der Waals surface area contributed by atoms with Crippen LogP contribution in [-0.2, 0) is 12.8 Å². The molecular formula is C22H29N. The fraction of sp³-hybridized carbons (Fsp3) is 0.455. The van der Waals surface area contributed by atoms with Crippen LogP contribution in [0.25, 0.3) is 0 Å². The van der Waals surface area contributed by atoms with Gasteiger partial charge in [-0.05, 0) is 56.7 Å². The molecule has 0 saturated carbocycles. The number of rotatable bonds is 6. The molecule has 1 heterocycles. The molecule has 3 rings (SSSR count). The lowest BCUT2D eigenvalue weighted by atomic mass is 9.89. The highest BCUT2D eigenvalue weighted by Crippen LogP contribution is 2.27.